The Kier molecular flexibility index (Phi) is 19.5. The summed E-state index contributed by atoms with van der Waals surface area (Å²) in [6.07, 6.45) is 3.96. The molecule has 4 aliphatic rings. The van der Waals surface area contributed by atoms with E-state index in [1.54, 1.807) is 70.2 Å². The molecule has 12 rings (SSSR count). The number of nitrogens with one attached hydrogen (secondary N) is 1. The first-order chi connectivity index (χ1) is 42.6. The number of rotatable bonds is 13. The lowest BCUT2D eigenvalue weighted by atomic mass is 9.86. The third-order valence-electron chi connectivity index (χ3n) is 17.0. The summed E-state index contributed by atoms with van der Waals surface area (Å²) in [7, 11) is 3.25. The summed E-state index contributed by atoms with van der Waals surface area (Å²) in [4.78, 5) is 62.7. The second-order valence-corrected chi connectivity index (χ2v) is 24.7. The number of fused-ring (bicyclic) bond motifs is 2. The van der Waals surface area contributed by atoms with Crippen molar-refractivity contribution >= 4 is 116 Å². The Hall–Kier alpha value is -7.42. The molecule has 18 heteroatoms. The second-order valence-electron chi connectivity index (χ2n) is 22.2. The monoisotopic (exact) mass is 1290 g/mol. The van der Waals surface area contributed by atoms with Gasteiger partial charge in [0.2, 0.25) is 11.8 Å². The molecule has 8 aromatic rings. The Morgan fingerprint density at radius 1 is 0.466 bits per heavy atom. The van der Waals surface area contributed by atoms with E-state index in [-0.39, 0.29) is 35.7 Å². The Morgan fingerprint density at radius 2 is 0.886 bits per heavy atom. The molecule has 0 spiro atoms. The van der Waals surface area contributed by atoms with E-state index < -0.39 is 0 Å². The van der Waals surface area contributed by atoms with Crippen LogP contribution in [0.3, 0.4) is 0 Å². The first-order valence-corrected chi connectivity index (χ1v) is 31.6. The van der Waals surface area contributed by atoms with Gasteiger partial charge in [0, 0.05) is 77.9 Å². The average Bonchev–Trinajstić information content (AvgIpc) is 1.15. The summed E-state index contributed by atoms with van der Waals surface area (Å²) in [5.74, 6) is 1.95. The van der Waals surface area contributed by atoms with Gasteiger partial charge in [0.1, 0.15) is 11.5 Å². The van der Waals surface area contributed by atoms with Crippen molar-refractivity contribution in [2.45, 2.75) is 83.5 Å². The fourth-order valence-electron chi connectivity index (χ4n) is 12.4. The highest BCUT2D eigenvalue weighted by molar-refractivity contribution is 6.41. The highest BCUT2D eigenvalue weighted by Crippen LogP contribution is 2.51. The van der Waals surface area contributed by atoms with Crippen LogP contribution in [0, 0.1) is 0 Å². The van der Waals surface area contributed by atoms with Crippen LogP contribution in [0.15, 0.2) is 158 Å². The van der Waals surface area contributed by atoms with Gasteiger partial charge in [0.15, 0.2) is 0 Å². The van der Waals surface area contributed by atoms with E-state index in [9.17, 15) is 19.2 Å². The number of carbonyl (C=O) groups is 4. The number of carbonyl (C=O) groups excluding carboxylic acids is 4. The molecule has 1 N–H and O–H groups in total. The van der Waals surface area contributed by atoms with Crippen molar-refractivity contribution in [3.8, 4) is 33.8 Å². The lowest BCUT2D eigenvalue weighted by Crippen LogP contribution is -2.44. The van der Waals surface area contributed by atoms with Crippen LogP contribution >= 0.6 is 69.6 Å². The van der Waals surface area contributed by atoms with Crippen LogP contribution in [0.1, 0.15) is 90.7 Å². The van der Waals surface area contributed by atoms with Crippen molar-refractivity contribution in [3.63, 3.8) is 0 Å². The summed E-state index contributed by atoms with van der Waals surface area (Å²) >= 11 is 40.8. The van der Waals surface area contributed by atoms with E-state index in [2.05, 4.69) is 29.6 Å². The lowest BCUT2D eigenvalue weighted by molar-refractivity contribution is -0.130. The Labute approximate surface area is 543 Å². The van der Waals surface area contributed by atoms with Crippen molar-refractivity contribution in [3.05, 3.63) is 221 Å². The molecule has 6 amide bonds. The van der Waals surface area contributed by atoms with Crippen LogP contribution in [-0.4, -0.2) is 72.4 Å². The minimum Gasteiger partial charge on any atom is -0.497 e. The van der Waals surface area contributed by atoms with Gasteiger partial charge >= 0.3 is 12.1 Å². The number of likely N-dealkylation sites (tertiary alicyclic amines) is 1. The minimum atomic E-state index is -0.238. The number of nitrogens with zero attached hydrogens (tertiary/aromatic N) is 5. The van der Waals surface area contributed by atoms with E-state index in [1.807, 2.05) is 109 Å². The number of anilines is 4. The van der Waals surface area contributed by atoms with E-state index in [4.69, 9.17) is 79.1 Å². The Balaban J connectivity index is 0.000000182. The summed E-state index contributed by atoms with van der Waals surface area (Å²) in [5, 5.41) is 5.69. The molecule has 8 aromatic carbocycles. The maximum Gasteiger partial charge on any atom is 0.329 e. The zero-order chi connectivity index (χ0) is 61.8. The van der Waals surface area contributed by atoms with Crippen molar-refractivity contribution < 1.29 is 28.7 Å². The Morgan fingerprint density at radius 3 is 1.32 bits per heavy atom. The Bertz CT molecular complexity index is 3900. The van der Waals surface area contributed by atoms with Crippen LogP contribution in [0.4, 0.5) is 32.3 Å². The maximum absolute atomic E-state index is 14.5. The molecule has 0 saturated carbocycles. The zero-order valence-electron chi connectivity index (χ0n) is 48.8. The number of para-hydroxylation sites is 2. The molecule has 2 atom stereocenters. The van der Waals surface area contributed by atoms with E-state index in [1.165, 1.54) is 0 Å². The molecule has 0 aliphatic carbocycles. The van der Waals surface area contributed by atoms with Gasteiger partial charge in [-0.15, -0.1) is 0 Å². The minimum absolute atomic E-state index is 0.0561. The zero-order valence-corrected chi connectivity index (χ0v) is 53.3. The number of methoxy groups -OCH3 is 2. The molecule has 0 aromatic heterocycles. The molecule has 4 aliphatic heterocycles. The molecule has 0 bridgehead atoms. The van der Waals surface area contributed by atoms with Crippen LogP contribution in [-0.2, 0) is 35.8 Å². The van der Waals surface area contributed by atoms with Gasteiger partial charge in [0.05, 0.1) is 70.1 Å². The molecule has 0 radical (unpaired) electrons. The van der Waals surface area contributed by atoms with Crippen LogP contribution in [0.2, 0.25) is 30.1 Å². The summed E-state index contributed by atoms with van der Waals surface area (Å²) in [6, 6.07) is 49.4. The highest BCUT2D eigenvalue weighted by atomic mass is 35.5. The third kappa shape index (κ3) is 13.2. The third-order valence-corrected chi connectivity index (χ3v) is 18.9. The van der Waals surface area contributed by atoms with Gasteiger partial charge in [-0.05, 0) is 151 Å². The van der Waals surface area contributed by atoms with Crippen molar-refractivity contribution in [2.75, 3.05) is 43.7 Å². The smallest absolute Gasteiger partial charge is 0.329 e. The van der Waals surface area contributed by atoms with Crippen LogP contribution in [0.25, 0.3) is 22.3 Å². The number of hydrogen-bond acceptors (Lipinski definition) is 6. The number of halogens is 6. The predicted octanol–water partition coefficient (Wildman–Crippen LogP) is 18.7. The van der Waals surface area contributed by atoms with Crippen LogP contribution < -0.4 is 24.6 Å². The van der Waals surface area contributed by atoms with E-state index in [0.717, 1.165) is 92.1 Å². The maximum atomic E-state index is 14.5. The van der Waals surface area contributed by atoms with Gasteiger partial charge < -0.3 is 29.5 Å². The van der Waals surface area contributed by atoms with Crippen molar-refractivity contribution in [1.82, 2.24) is 20.0 Å². The first-order valence-electron chi connectivity index (χ1n) is 29.3. The number of hydrogen-bond donors (Lipinski definition) is 1. The summed E-state index contributed by atoms with van der Waals surface area (Å²) in [6.45, 7) is 5.42. The topological polar surface area (TPSA) is 115 Å². The molecule has 12 nitrogen and oxygen atoms in total. The predicted molar refractivity (Wildman–Crippen MR) is 355 cm³/mol. The molecular weight excluding hydrogens is 1230 g/mol. The number of ether oxygens (including phenoxy) is 2. The van der Waals surface area contributed by atoms with Crippen molar-refractivity contribution in [2.24, 2.45) is 0 Å². The SMILES string of the molecule is CCN1CCC(c2cc(-c3ccccc3Cl)c3c(c2)N(c2c(Cl)cccc2Cl)C(=O)N(Cc2ccc(OC)cc2)C3)CCC1=O.COc1ccc(CN2Cc3c(-c4ccccc4Cl)cc(C4CCNC(=O)CC4)cc3N(c3c(Cl)cccc3Cl)C2=O)cc1. The molecule has 452 valence electrons. The standard InChI is InChI=1S/C36H34Cl3N3O3.C34H30Cl3N3O3/c1-3-40-18-17-24(13-16-34(40)43)25-19-28(27-7-4-5-8-30(27)37)29-22-41(21-23-11-14-26(45-2)15-12-23)36(44)42(33(29)20-25)35-31(38)9-6-10-32(35)39;1-43-24-12-9-21(10-13-24)19-39-20-27-26(25-5-2-3-6-28(25)35)17-23(22-11-14-32(41)38-16-15-22)18-31(27)40(34(39)42)33-29(36)7-4-8-30(33)37/h4-12,14-15,19-20,24H,3,13,16-18,21-22H2,1-2H3;2-10,12-13,17-18,22H,11,14-16,19-20H2,1H3,(H,38,41). The second kappa shape index (κ2) is 27.5. The quantitative estimate of drug-likeness (QED) is 0.123. The van der Waals surface area contributed by atoms with Crippen molar-refractivity contribution in [1.29, 1.82) is 0 Å². The van der Waals surface area contributed by atoms with Gasteiger partial charge in [-0.2, -0.15) is 0 Å². The molecule has 2 fully saturated rings. The number of benzene rings is 8. The number of urea groups is 2. The molecular formula is C70H64Cl6N6O6. The fourth-order valence-corrected chi connectivity index (χ4v) is 14.0. The summed E-state index contributed by atoms with van der Waals surface area (Å²) in [5.41, 5.74) is 11.8. The average molecular weight is 1300 g/mol. The van der Waals surface area contributed by atoms with Gasteiger partial charge in [0.25, 0.3) is 0 Å². The molecule has 2 saturated heterocycles. The first kappa shape index (κ1) is 62.2. The molecule has 2 unspecified atom stereocenters. The van der Waals surface area contributed by atoms with Crippen LogP contribution in [0.5, 0.6) is 11.5 Å². The van der Waals surface area contributed by atoms with E-state index >= 15 is 0 Å². The largest absolute Gasteiger partial charge is 0.497 e. The molecule has 4 heterocycles. The number of amides is 6. The van der Waals surface area contributed by atoms with Gasteiger partial charge in [-0.1, -0.05) is 155 Å². The van der Waals surface area contributed by atoms with Gasteiger partial charge in [-0.25, -0.2) is 9.59 Å². The lowest BCUT2D eigenvalue weighted by Gasteiger charge is -2.39. The van der Waals surface area contributed by atoms with Gasteiger partial charge in [-0.3, -0.25) is 19.4 Å². The molecule has 88 heavy (non-hydrogen) atoms. The fraction of sp³-hybridized carbons (Fsp3) is 0.257. The normalized spacial score (nSPS) is 16.9. The summed E-state index contributed by atoms with van der Waals surface area (Å²) < 4.78 is 10.7. The van der Waals surface area contributed by atoms with E-state index in [0.29, 0.717) is 112 Å². The highest BCUT2D eigenvalue weighted by Gasteiger charge is 2.39.